The number of fused-ring (bicyclic) bond motifs is 11. The van der Waals surface area contributed by atoms with Crippen molar-refractivity contribution in [3.63, 3.8) is 0 Å². The second kappa shape index (κ2) is 10.9. The molecule has 8 aliphatic carbocycles. The summed E-state index contributed by atoms with van der Waals surface area (Å²) in [5, 5.41) is 0. The fourth-order valence-electron chi connectivity index (χ4n) is 14.7. The summed E-state index contributed by atoms with van der Waals surface area (Å²) in [5.74, 6) is 5.04. The number of anilines is 3. The second-order valence-corrected chi connectivity index (χ2v) is 18.5. The minimum Gasteiger partial charge on any atom is -0.310 e. The first-order valence-electron chi connectivity index (χ1n) is 21.1. The minimum absolute atomic E-state index is 0.144. The molecule has 1 heteroatoms. The Bertz CT molecular complexity index is 2480. The van der Waals surface area contributed by atoms with E-state index in [1.165, 1.54) is 108 Å². The van der Waals surface area contributed by atoms with E-state index in [0.717, 1.165) is 35.5 Å². The smallest absolute Gasteiger partial charge is 0.0468 e. The van der Waals surface area contributed by atoms with Gasteiger partial charge in [0.05, 0.1) is 0 Å². The summed E-state index contributed by atoms with van der Waals surface area (Å²) in [5.41, 5.74) is 19.0. The lowest BCUT2D eigenvalue weighted by Crippen LogP contribution is -2.55. The zero-order valence-corrected chi connectivity index (χ0v) is 31.1. The Morgan fingerprint density at radius 3 is 1.76 bits per heavy atom. The maximum Gasteiger partial charge on any atom is 0.0468 e. The first-order valence-corrected chi connectivity index (χ1v) is 21.1. The molecule has 3 atom stereocenters. The van der Waals surface area contributed by atoms with E-state index in [1.807, 2.05) is 0 Å². The number of rotatable bonds is 4. The van der Waals surface area contributed by atoms with Crippen LogP contribution < -0.4 is 4.90 Å². The van der Waals surface area contributed by atoms with Crippen LogP contribution in [0.4, 0.5) is 17.1 Å². The predicted octanol–water partition coefficient (Wildman–Crippen LogP) is 13.6. The molecule has 6 fully saturated rings. The summed E-state index contributed by atoms with van der Waals surface area (Å²) in [7, 11) is 0. The van der Waals surface area contributed by atoms with Crippen LogP contribution in [0, 0.1) is 35.5 Å². The third-order valence-electron chi connectivity index (χ3n) is 16.3. The van der Waals surface area contributed by atoms with Crippen LogP contribution in [0.15, 0.2) is 140 Å². The van der Waals surface area contributed by atoms with Crippen LogP contribution in [0.5, 0.6) is 0 Å². The van der Waals surface area contributed by atoms with Crippen molar-refractivity contribution in [2.45, 2.75) is 68.6 Å². The number of nitrogens with zero attached hydrogens (tertiary/aromatic N) is 1. The van der Waals surface area contributed by atoms with Crippen LogP contribution in [0.25, 0.3) is 33.4 Å². The molecule has 14 rings (SSSR count). The zero-order chi connectivity index (χ0) is 35.2. The molecule has 264 valence electrons. The van der Waals surface area contributed by atoms with Gasteiger partial charge in [-0.2, -0.15) is 0 Å². The highest BCUT2D eigenvalue weighted by atomic mass is 15.1. The average Bonchev–Trinajstić information content (AvgIpc) is 3.97. The van der Waals surface area contributed by atoms with Crippen LogP contribution >= 0.6 is 0 Å². The molecule has 8 aliphatic rings. The largest absolute Gasteiger partial charge is 0.310 e. The molecule has 54 heavy (non-hydrogen) atoms. The minimum atomic E-state index is 0.144. The van der Waals surface area contributed by atoms with Crippen molar-refractivity contribution in [1.82, 2.24) is 0 Å². The average molecular weight is 698 g/mol. The van der Waals surface area contributed by atoms with E-state index < -0.39 is 0 Å². The van der Waals surface area contributed by atoms with Gasteiger partial charge in [0, 0.05) is 27.9 Å². The van der Waals surface area contributed by atoms with Crippen molar-refractivity contribution < 1.29 is 0 Å². The van der Waals surface area contributed by atoms with Crippen molar-refractivity contribution in [1.29, 1.82) is 0 Å². The fraction of sp³-hybridized carbons (Fsp3) is 0.321. The molecule has 6 bridgehead atoms. The van der Waals surface area contributed by atoms with Gasteiger partial charge < -0.3 is 4.90 Å². The summed E-state index contributed by atoms with van der Waals surface area (Å²) < 4.78 is 0. The lowest BCUT2D eigenvalue weighted by Gasteiger charge is -2.61. The van der Waals surface area contributed by atoms with Gasteiger partial charge in [0.25, 0.3) is 0 Å². The molecule has 0 amide bonds. The molecule has 0 radical (unpaired) electrons. The highest BCUT2D eigenvalue weighted by molar-refractivity contribution is 5.90. The van der Waals surface area contributed by atoms with Gasteiger partial charge in [-0.05, 0) is 179 Å². The lowest BCUT2D eigenvalue weighted by molar-refractivity contribution is -0.0399. The topological polar surface area (TPSA) is 3.24 Å². The van der Waals surface area contributed by atoms with Crippen LogP contribution in [0.3, 0.4) is 0 Å². The molecule has 0 aliphatic heterocycles. The highest BCUT2D eigenvalue weighted by Crippen LogP contribution is 2.70. The quantitative estimate of drug-likeness (QED) is 0.177. The summed E-state index contributed by atoms with van der Waals surface area (Å²) in [4.78, 5) is 2.60. The van der Waals surface area contributed by atoms with E-state index in [1.54, 1.807) is 22.3 Å². The Balaban J connectivity index is 1.02. The van der Waals surface area contributed by atoms with Crippen LogP contribution in [-0.2, 0) is 10.8 Å². The fourth-order valence-corrected chi connectivity index (χ4v) is 14.7. The van der Waals surface area contributed by atoms with E-state index in [4.69, 9.17) is 0 Å². The molecule has 3 unspecified atom stereocenters. The number of benzene rings is 6. The van der Waals surface area contributed by atoms with Crippen LogP contribution in [-0.4, -0.2) is 0 Å². The van der Waals surface area contributed by atoms with Crippen molar-refractivity contribution >= 4 is 17.1 Å². The summed E-state index contributed by atoms with van der Waals surface area (Å²) >= 11 is 0. The summed E-state index contributed by atoms with van der Waals surface area (Å²) in [6.07, 6.45) is 12.6. The predicted molar refractivity (Wildman–Crippen MR) is 221 cm³/mol. The monoisotopic (exact) mass is 697 g/mol. The van der Waals surface area contributed by atoms with Crippen molar-refractivity contribution in [3.8, 4) is 33.4 Å². The second-order valence-electron chi connectivity index (χ2n) is 18.5. The lowest BCUT2D eigenvalue weighted by atomic mass is 9.43. The molecule has 6 aromatic rings. The highest BCUT2D eigenvalue weighted by Gasteiger charge is 2.62. The molecule has 0 aromatic heterocycles. The van der Waals surface area contributed by atoms with Crippen LogP contribution in [0.1, 0.15) is 80.0 Å². The van der Waals surface area contributed by atoms with Gasteiger partial charge in [0.15, 0.2) is 0 Å². The van der Waals surface area contributed by atoms with Gasteiger partial charge in [-0.15, -0.1) is 0 Å². The maximum atomic E-state index is 2.63. The van der Waals surface area contributed by atoms with Gasteiger partial charge >= 0.3 is 0 Å². The summed E-state index contributed by atoms with van der Waals surface area (Å²) in [6.45, 7) is 0. The van der Waals surface area contributed by atoms with Gasteiger partial charge in [0.2, 0.25) is 0 Å². The third-order valence-corrected chi connectivity index (χ3v) is 16.3. The molecule has 1 nitrogen and oxygen atoms in total. The van der Waals surface area contributed by atoms with E-state index in [-0.39, 0.29) is 10.8 Å². The van der Waals surface area contributed by atoms with Crippen molar-refractivity contribution in [3.05, 3.63) is 162 Å². The Labute approximate surface area is 320 Å². The Kier molecular flexibility index (Phi) is 6.13. The maximum absolute atomic E-state index is 2.63. The number of hydrogen-bond donors (Lipinski definition) is 0. The number of hydrogen-bond acceptors (Lipinski definition) is 1. The Morgan fingerprint density at radius 2 is 1.00 bits per heavy atom. The summed E-state index contributed by atoms with van der Waals surface area (Å²) in [6, 6.07) is 54.4. The molecular formula is C53H47N. The van der Waals surface area contributed by atoms with E-state index in [0.29, 0.717) is 0 Å². The van der Waals surface area contributed by atoms with Gasteiger partial charge in [-0.25, -0.2) is 0 Å². The normalized spacial score (nSPS) is 31.2. The van der Waals surface area contributed by atoms with Gasteiger partial charge in [-0.3, -0.25) is 0 Å². The van der Waals surface area contributed by atoms with E-state index in [9.17, 15) is 0 Å². The molecule has 0 heterocycles. The SMILES string of the molecule is c1ccc(-c2cccc(N(c3ccc4c(c3)-c3ccccc3C43C4CC5CC(C4)CC3C5)c3ccc4c(c3)C3(CC5CCC3C5)c3ccccc3-4)c2)cc1. The van der Waals surface area contributed by atoms with E-state index in [2.05, 4.69) is 144 Å². The van der Waals surface area contributed by atoms with Gasteiger partial charge in [-0.1, -0.05) is 110 Å². The van der Waals surface area contributed by atoms with Crippen molar-refractivity contribution in [2.24, 2.45) is 35.5 Å². The van der Waals surface area contributed by atoms with Crippen LogP contribution in [0.2, 0.25) is 0 Å². The Hall–Kier alpha value is -4.88. The zero-order valence-electron chi connectivity index (χ0n) is 31.1. The molecular weight excluding hydrogens is 651 g/mol. The molecule has 6 aromatic carbocycles. The standard InChI is InChI=1S/C53H47N/c1-2-9-36(10-3-1)37-11-8-12-41(29-37)54(43-19-21-46-44-13-4-6-15-48(44)52(51(46)31-43)32-33-17-18-38(52)24-33)42-20-22-50-47(30-42)45-14-5-7-16-49(45)53(50)39-25-34-23-35(27-39)28-40(53)26-34/h1-16,19-22,29-31,33-35,38-40H,17-18,23-28,32H2. The first-order chi connectivity index (χ1) is 26.7. The van der Waals surface area contributed by atoms with Crippen molar-refractivity contribution in [2.75, 3.05) is 4.90 Å². The molecule has 0 saturated heterocycles. The first kappa shape index (κ1) is 30.4. The Morgan fingerprint density at radius 1 is 0.389 bits per heavy atom. The molecule has 6 saturated carbocycles. The van der Waals surface area contributed by atoms with Gasteiger partial charge in [0.1, 0.15) is 0 Å². The molecule has 2 spiro atoms. The third kappa shape index (κ3) is 3.86. The van der Waals surface area contributed by atoms with E-state index >= 15 is 0 Å². The molecule has 0 N–H and O–H groups in total.